The fraction of sp³-hybridized carbons (Fsp3) is 0.346. The van der Waals surface area contributed by atoms with Crippen LogP contribution in [0.2, 0.25) is 0 Å². The summed E-state index contributed by atoms with van der Waals surface area (Å²) in [6.45, 7) is 6.00. The number of carbonyl (C=O) groups is 2. The topological polar surface area (TPSA) is 84.8 Å². The van der Waals surface area contributed by atoms with E-state index in [9.17, 15) is 9.59 Å². The zero-order valence-electron chi connectivity index (χ0n) is 19.5. The molecule has 34 heavy (non-hydrogen) atoms. The van der Waals surface area contributed by atoms with Crippen LogP contribution in [0.4, 0.5) is 5.69 Å². The number of thiophene rings is 1. The van der Waals surface area contributed by atoms with E-state index in [0.29, 0.717) is 17.2 Å². The van der Waals surface area contributed by atoms with Gasteiger partial charge in [-0.15, -0.1) is 11.3 Å². The summed E-state index contributed by atoms with van der Waals surface area (Å²) < 4.78 is 1.00. The molecular weight excluding hydrogens is 464 g/mol. The molecule has 5 rings (SSSR count). The number of amides is 1. The van der Waals surface area contributed by atoms with E-state index in [1.807, 2.05) is 0 Å². The standard InChI is InChI=1S/C26H26N4O2S2/c1-14(2)11-20-18-5-4-6-19(18)22-23-24(34-25(22)30-20)26(28-13-27-23)33-12-21(32)29-17-9-7-16(8-10-17)15(3)31/h7-10,13-14H,4-6,11-12H2,1-3H3,(H,29,32). The Morgan fingerprint density at radius 3 is 2.62 bits per heavy atom. The molecule has 6 nitrogen and oxygen atoms in total. The van der Waals surface area contributed by atoms with Gasteiger partial charge in [0.15, 0.2) is 5.78 Å². The van der Waals surface area contributed by atoms with Crippen LogP contribution in [-0.4, -0.2) is 32.4 Å². The highest BCUT2D eigenvalue weighted by atomic mass is 32.2. The molecule has 0 atom stereocenters. The Bertz CT molecular complexity index is 1410. The molecule has 0 saturated carbocycles. The van der Waals surface area contributed by atoms with Gasteiger partial charge in [0, 0.05) is 22.3 Å². The zero-order valence-corrected chi connectivity index (χ0v) is 21.1. The highest BCUT2D eigenvalue weighted by Gasteiger charge is 2.24. The van der Waals surface area contributed by atoms with Crippen LogP contribution >= 0.6 is 23.1 Å². The molecule has 0 saturated heterocycles. The molecule has 1 aromatic carbocycles. The molecule has 1 N–H and O–H groups in total. The van der Waals surface area contributed by atoms with E-state index in [-0.39, 0.29) is 17.4 Å². The normalized spacial score (nSPS) is 13.1. The van der Waals surface area contributed by atoms with Crippen LogP contribution in [0.15, 0.2) is 35.6 Å². The Morgan fingerprint density at radius 2 is 1.88 bits per heavy atom. The molecule has 3 heterocycles. The molecule has 8 heteroatoms. The van der Waals surface area contributed by atoms with Crippen molar-refractivity contribution in [1.82, 2.24) is 15.0 Å². The number of ketones is 1. The minimum atomic E-state index is -0.119. The van der Waals surface area contributed by atoms with E-state index in [2.05, 4.69) is 29.1 Å². The number of nitrogens with zero attached hydrogens (tertiary/aromatic N) is 3. The molecule has 4 aromatic rings. The molecule has 1 aliphatic rings. The number of rotatable bonds is 7. The van der Waals surface area contributed by atoms with Crippen molar-refractivity contribution in [3.8, 4) is 0 Å². The predicted molar refractivity (Wildman–Crippen MR) is 139 cm³/mol. The summed E-state index contributed by atoms with van der Waals surface area (Å²) in [5.41, 5.74) is 6.32. The van der Waals surface area contributed by atoms with Crippen LogP contribution in [0.1, 0.15) is 54.4 Å². The molecule has 0 bridgehead atoms. The van der Waals surface area contributed by atoms with Crippen LogP contribution < -0.4 is 5.32 Å². The third kappa shape index (κ3) is 4.44. The maximum absolute atomic E-state index is 12.6. The average Bonchev–Trinajstić information content (AvgIpc) is 3.42. The van der Waals surface area contributed by atoms with E-state index < -0.39 is 0 Å². The number of aromatic nitrogens is 3. The van der Waals surface area contributed by atoms with Crippen LogP contribution in [0.3, 0.4) is 0 Å². The van der Waals surface area contributed by atoms with E-state index in [1.165, 1.54) is 47.3 Å². The summed E-state index contributed by atoms with van der Waals surface area (Å²) in [4.78, 5) is 39.2. The van der Waals surface area contributed by atoms with Crippen molar-refractivity contribution in [2.75, 3.05) is 11.1 Å². The quantitative estimate of drug-likeness (QED) is 0.198. The lowest BCUT2D eigenvalue weighted by atomic mass is 9.99. The lowest BCUT2D eigenvalue weighted by molar-refractivity contribution is -0.113. The molecule has 1 aliphatic carbocycles. The summed E-state index contributed by atoms with van der Waals surface area (Å²) in [5.74, 6) is 0.679. The molecule has 0 unspecified atom stereocenters. The number of fused-ring (bicyclic) bond motifs is 5. The van der Waals surface area contributed by atoms with Crippen LogP contribution in [0.25, 0.3) is 20.4 Å². The van der Waals surface area contributed by atoms with Gasteiger partial charge in [-0.05, 0) is 73.9 Å². The van der Waals surface area contributed by atoms with Gasteiger partial charge in [0.1, 0.15) is 16.2 Å². The van der Waals surface area contributed by atoms with E-state index >= 15 is 0 Å². The monoisotopic (exact) mass is 490 g/mol. The SMILES string of the molecule is CC(=O)c1ccc(NC(=O)CSc2ncnc3c2sc2nc(CC(C)C)c4c(c23)CCC4)cc1. The predicted octanol–water partition coefficient (Wildman–Crippen LogP) is 5.86. The fourth-order valence-electron chi connectivity index (χ4n) is 4.53. The number of hydrogen-bond acceptors (Lipinski definition) is 7. The Morgan fingerprint density at radius 1 is 1.12 bits per heavy atom. The van der Waals surface area contributed by atoms with Gasteiger partial charge in [-0.1, -0.05) is 25.6 Å². The van der Waals surface area contributed by atoms with Crippen molar-refractivity contribution in [2.45, 2.75) is 51.5 Å². The number of anilines is 1. The van der Waals surface area contributed by atoms with Gasteiger partial charge in [-0.2, -0.15) is 0 Å². The fourth-order valence-corrected chi connectivity index (χ4v) is 6.59. The Balaban J connectivity index is 1.40. The second kappa shape index (κ2) is 9.43. The van der Waals surface area contributed by atoms with Crippen LogP contribution in [0, 0.1) is 5.92 Å². The second-order valence-electron chi connectivity index (χ2n) is 9.08. The lowest BCUT2D eigenvalue weighted by Gasteiger charge is -2.11. The van der Waals surface area contributed by atoms with Gasteiger partial charge in [-0.3, -0.25) is 9.59 Å². The van der Waals surface area contributed by atoms with Gasteiger partial charge < -0.3 is 5.32 Å². The highest BCUT2D eigenvalue weighted by Crippen LogP contribution is 2.42. The number of pyridine rings is 1. The minimum absolute atomic E-state index is 0.000930. The number of aryl methyl sites for hydroxylation is 1. The number of thioether (sulfide) groups is 1. The van der Waals surface area contributed by atoms with Crippen molar-refractivity contribution >= 4 is 60.9 Å². The number of benzene rings is 1. The third-order valence-corrected chi connectivity index (χ3v) is 8.24. The molecule has 0 aliphatic heterocycles. The van der Waals surface area contributed by atoms with Crippen molar-refractivity contribution in [3.63, 3.8) is 0 Å². The molecule has 3 aromatic heterocycles. The summed E-state index contributed by atoms with van der Waals surface area (Å²) in [7, 11) is 0. The molecule has 0 spiro atoms. The minimum Gasteiger partial charge on any atom is -0.325 e. The summed E-state index contributed by atoms with van der Waals surface area (Å²) >= 11 is 3.05. The Hall–Kier alpha value is -2.84. The summed E-state index contributed by atoms with van der Waals surface area (Å²) in [6.07, 6.45) is 5.92. The van der Waals surface area contributed by atoms with E-state index in [1.54, 1.807) is 41.9 Å². The van der Waals surface area contributed by atoms with Gasteiger partial charge in [0.05, 0.1) is 16.0 Å². The number of carbonyl (C=O) groups excluding carboxylic acids is 2. The lowest BCUT2D eigenvalue weighted by Crippen LogP contribution is -2.14. The van der Waals surface area contributed by atoms with Gasteiger partial charge in [0.25, 0.3) is 0 Å². The van der Waals surface area contributed by atoms with Crippen molar-refractivity contribution in [1.29, 1.82) is 0 Å². The Labute approximate surface area is 206 Å². The van der Waals surface area contributed by atoms with Crippen molar-refractivity contribution in [2.24, 2.45) is 5.92 Å². The molecular formula is C26H26N4O2S2. The number of hydrogen-bond donors (Lipinski definition) is 1. The third-order valence-electron chi connectivity index (χ3n) is 6.04. The first-order valence-corrected chi connectivity index (χ1v) is 13.3. The number of Topliss-reactive ketones (excluding diaryl/α,β-unsaturated/α-hetero) is 1. The van der Waals surface area contributed by atoms with Gasteiger partial charge in [-0.25, -0.2) is 15.0 Å². The number of nitrogens with one attached hydrogen (secondary N) is 1. The largest absolute Gasteiger partial charge is 0.325 e. The highest BCUT2D eigenvalue weighted by molar-refractivity contribution is 8.00. The molecule has 1 amide bonds. The van der Waals surface area contributed by atoms with Crippen molar-refractivity contribution < 1.29 is 9.59 Å². The van der Waals surface area contributed by atoms with E-state index in [0.717, 1.165) is 39.3 Å². The Kier molecular flexibility index (Phi) is 6.36. The van der Waals surface area contributed by atoms with Crippen LogP contribution in [0.5, 0.6) is 0 Å². The smallest absolute Gasteiger partial charge is 0.234 e. The second-order valence-corrected chi connectivity index (χ2v) is 11.0. The molecule has 174 valence electrons. The van der Waals surface area contributed by atoms with Crippen LogP contribution in [-0.2, 0) is 24.1 Å². The van der Waals surface area contributed by atoms with Gasteiger partial charge in [0.2, 0.25) is 5.91 Å². The first kappa shape index (κ1) is 22.9. The van der Waals surface area contributed by atoms with Gasteiger partial charge >= 0.3 is 0 Å². The average molecular weight is 491 g/mol. The first-order valence-electron chi connectivity index (χ1n) is 11.5. The molecule has 0 fully saturated rings. The van der Waals surface area contributed by atoms with E-state index in [4.69, 9.17) is 4.98 Å². The maximum atomic E-state index is 12.6. The zero-order chi connectivity index (χ0) is 23.8. The summed E-state index contributed by atoms with van der Waals surface area (Å²) in [6, 6.07) is 6.93. The first-order chi connectivity index (χ1) is 16.4. The van der Waals surface area contributed by atoms with Crippen molar-refractivity contribution in [3.05, 3.63) is 53.0 Å². The summed E-state index contributed by atoms with van der Waals surface area (Å²) in [5, 5.41) is 4.88. The maximum Gasteiger partial charge on any atom is 0.234 e. The molecule has 0 radical (unpaired) electrons.